The Morgan fingerprint density at radius 1 is 1.04 bits per heavy atom. The number of carbonyl (C=O) groups is 1. The highest BCUT2D eigenvalue weighted by Crippen LogP contribution is 2.44. The van der Waals surface area contributed by atoms with Crippen molar-refractivity contribution in [3.05, 3.63) is 71.4 Å². The van der Waals surface area contributed by atoms with Crippen LogP contribution < -0.4 is 9.64 Å². The lowest BCUT2D eigenvalue weighted by molar-refractivity contribution is -0.122. The summed E-state index contributed by atoms with van der Waals surface area (Å²) in [5, 5.41) is 0. The number of ether oxygens (including phenoxy) is 1. The van der Waals surface area contributed by atoms with E-state index in [-0.39, 0.29) is 5.91 Å². The second-order valence-corrected chi connectivity index (χ2v) is 7.65. The standard InChI is InChI=1S/C23H24N2O2/c1-15-5-12-20(24-15)17-8-11-19-21(13-17)25(22(26)23(19,2)3)14-16-6-9-18(27-4)10-7-16/h5-13,24H,14H2,1-4H3. The van der Waals surface area contributed by atoms with E-state index >= 15 is 0 Å². The number of nitrogens with one attached hydrogen (secondary N) is 1. The smallest absolute Gasteiger partial charge is 0.237 e. The van der Waals surface area contributed by atoms with Crippen LogP contribution in [0.15, 0.2) is 54.6 Å². The molecule has 4 heteroatoms. The molecular formula is C23H24N2O2. The molecule has 1 aromatic heterocycles. The van der Waals surface area contributed by atoms with Gasteiger partial charge in [-0.1, -0.05) is 24.3 Å². The van der Waals surface area contributed by atoms with Gasteiger partial charge < -0.3 is 14.6 Å². The Balaban J connectivity index is 1.74. The molecule has 0 atom stereocenters. The molecule has 3 aromatic rings. The van der Waals surface area contributed by atoms with Crippen molar-refractivity contribution in [2.75, 3.05) is 12.0 Å². The molecule has 0 saturated carbocycles. The highest BCUT2D eigenvalue weighted by molar-refractivity contribution is 6.08. The van der Waals surface area contributed by atoms with E-state index in [9.17, 15) is 4.79 Å². The number of carbonyl (C=O) groups excluding carboxylic acids is 1. The maximum absolute atomic E-state index is 13.2. The molecular weight excluding hydrogens is 336 g/mol. The van der Waals surface area contributed by atoms with Crippen molar-refractivity contribution in [3.8, 4) is 17.0 Å². The largest absolute Gasteiger partial charge is 0.497 e. The fourth-order valence-corrected chi connectivity index (χ4v) is 3.76. The number of hydrogen-bond acceptors (Lipinski definition) is 2. The molecule has 0 unspecified atom stereocenters. The maximum Gasteiger partial charge on any atom is 0.237 e. The average Bonchev–Trinajstić information content (AvgIpc) is 3.18. The monoisotopic (exact) mass is 360 g/mol. The molecule has 0 spiro atoms. The number of aromatic nitrogens is 1. The molecule has 0 aliphatic carbocycles. The van der Waals surface area contributed by atoms with Crippen molar-refractivity contribution in [2.45, 2.75) is 32.7 Å². The first kappa shape index (κ1) is 17.4. The maximum atomic E-state index is 13.2. The van der Waals surface area contributed by atoms with Crippen LogP contribution in [0, 0.1) is 6.92 Å². The summed E-state index contributed by atoms with van der Waals surface area (Å²) in [6, 6.07) is 18.3. The lowest BCUT2D eigenvalue weighted by Gasteiger charge is -2.20. The van der Waals surface area contributed by atoms with Gasteiger partial charge in [0.1, 0.15) is 5.75 Å². The fraction of sp³-hybridized carbons (Fsp3) is 0.261. The third kappa shape index (κ3) is 2.91. The van der Waals surface area contributed by atoms with Gasteiger partial charge in [-0.05, 0) is 62.2 Å². The topological polar surface area (TPSA) is 45.3 Å². The number of hydrogen-bond donors (Lipinski definition) is 1. The third-order valence-corrected chi connectivity index (χ3v) is 5.38. The van der Waals surface area contributed by atoms with Crippen molar-refractivity contribution in [1.82, 2.24) is 4.98 Å². The molecule has 4 rings (SSSR count). The van der Waals surface area contributed by atoms with E-state index < -0.39 is 5.41 Å². The highest BCUT2D eigenvalue weighted by atomic mass is 16.5. The molecule has 0 fully saturated rings. The number of rotatable bonds is 4. The normalized spacial score (nSPS) is 15.1. The van der Waals surface area contributed by atoms with Gasteiger partial charge in [0.15, 0.2) is 0 Å². The minimum atomic E-state index is -0.522. The van der Waals surface area contributed by atoms with Gasteiger partial charge in [0.05, 0.1) is 19.1 Å². The van der Waals surface area contributed by atoms with Crippen LogP contribution in [0.5, 0.6) is 5.75 Å². The summed E-state index contributed by atoms with van der Waals surface area (Å²) < 4.78 is 5.23. The van der Waals surface area contributed by atoms with Crippen LogP contribution in [-0.4, -0.2) is 18.0 Å². The molecule has 4 nitrogen and oxygen atoms in total. The zero-order valence-electron chi connectivity index (χ0n) is 16.2. The lowest BCUT2D eigenvalue weighted by Crippen LogP contribution is -2.35. The Morgan fingerprint density at radius 3 is 2.41 bits per heavy atom. The minimum Gasteiger partial charge on any atom is -0.497 e. The molecule has 0 radical (unpaired) electrons. The Bertz CT molecular complexity index is 999. The molecule has 0 saturated heterocycles. The van der Waals surface area contributed by atoms with Crippen LogP contribution in [0.1, 0.15) is 30.7 Å². The molecule has 1 aliphatic heterocycles. The first-order valence-electron chi connectivity index (χ1n) is 9.15. The SMILES string of the molecule is COc1ccc(CN2C(=O)C(C)(C)c3ccc(-c4ccc(C)[nH]4)cc32)cc1. The van der Waals surface area contributed by atoms with Gasteiger partial charge in [-0.25, -0.2) is 0 Å². The Hall–Kier alpha value is -3.01. The van der Waals surface area contributed by atoms with E-state index in [1.807, 2.05) is 49.9 Å². The van der Waals surface area contributed by atoms with Gasteiger partial charge in [0, 0.05) is 22.6 Å². The van der Waals surface area contributed by atoms with Gasteiger partial charge in [-0.3, -0.25) is 4.79 Å². The number of H-pyrrole nitrogens is 1. The van der Waals surface area contributed by atoms with Crippen LogP contribution in [-0.2, 0) is 16.8 Å². The Morgan fingerprint density at radius 2 is 1.78 bits per heavy atom. The zero-order valence-corrected chi connectivity index (χ0v) is 16.2. The minimum absolute atomic E-state index is 0.133. The summed E-state index contributed by atoms with van der Waals surface area (Å²) in [7, 11) is 1.65. The molecule has 138 valence electrons. The lowest BCUT2D eigenvalue weighted by atomic mass is 9.85. The van der Waals surface area contributed by atoms with Crippen molar-refractivity contribution < 1.29 is 9.53 Å². The Labute approximate surface area is 159 Å². The van der Waals surface area contributed by atoms with Gasteiger partial charge in [-0.15, -0.1) is 0 Å². The quantitative estimate of drug-likeness (QED) is 0.725. The zero-order chi connectivity index (χ0) is 19.2. The molecule has 1 aliphatic rings. The molecule has 2 aromatic carbocycles. The second-order valence-electron chi connectivity index (χ2n) is 7.65. The van der Waals surface area contributed by atoms with Crippen LogP contribution in [0.4, 0.5) is 5.69 Å². The van der Waals surface area contributed by atoms with E-state index in [4.69, 9.17) is 4.74 Å². The summed E-state index contributed by atoms with van der Waals surface area (Å²) in [5.41, 5.74) is 5.90. The van der Waals surface area contributed by atoms with Crippen molar-refractivity contribution >= 4 is 11.6 Å². The number of methoxy groups -OCH3 is 1. The van der Waals surface area contributed by atoms with E-state index in [1.165, 1.54) is 0 Å². The van der Waals surface area contributed by atoms with Gasteiger partial charge in [-0.2, -0.15) is 0 Å². The van der Waals surface area contributed by atoms with E-state index in [0.717, 1.165) is 39.5 Å². The van der Waals surface area contributed by atoms with Crippen LogP contribution in [0.25, 0.3) is 11.3 Å². The number of nitrogens with zero attached hydrogens (tertiary/aromatic N) is 1. The summed E-state index contributed by atoms with van der Waals surface area (Å²) in [4.78, 5) is 18.4. The Kier molecular flexibility index (Phi) is 4.06. The summed E-state index contributed by atoms with van der Waals surface area (Å²) in [5.74, 6) is 0.949. The van der Waals surface area contributed by atoms with E-state index in [2.05, 4.69) is 35.3 Å². The molecule has 0 bridgehead atoms. The predicted octanol–water partition coefficient (Wildman–Crippen LogP) is 4.82. The summed E-state index contributed by atoms with van der Waals surface area (Å²) in [6.07, 6.45) is 0. The summed E-state index contributed by atoms with van der Waals surface area (Å²) in [6.45, 7) is 6.59. The first-order chi connectivity index (χ1) is 12.9. The van der Waals surface area contributed by atoms with Crippen molar-refractivity contribution in [3.63, 3.8) is 0 Å². The van der Waals surface area contributed by atoms with E-state index in [1.54, 1.807) is 7.11 Å². The first-order valence-corrected chi connectivity index (χ1v) is 9.15. The van der Waals surface area contributed by atoms with Crippen LogP contribution in [0.2, 0.25) is 0 Å². The fourth-order valence-electron chi connectivity index (χ4n) is 3.76. The molecule has 1 N–H and O–H groups in total. The molecule has 1 amide bonds. The van der Waals surface area contributed by atoms with Crippen molar-refractivity contribution in [2.24, 2.45) is 0 Å². The number of amides is 1. The number of fused-ring (bicyclic) bond motifs is 1. The predicted molar refractivity (Wildman–Crippen MR) is 108 cm³/mol. The van der Waals surface area contributed by atoms with Gasteiger partial charge >= 0.3 is 0 Å². The second kappa shape index (κ2) is 6.31. The van der Waals surface area contributed by atoms with Crippen molar-refractivity contribution in [1.29, 1.82) is 0 Å². The highest BCUT2D eigenvalue weighted by Gasteiger charge is 2.43. The van der Waals surface area contributed by atoms with Crippen LogP contribution >= 0.6 is 0 Å². The third-order valence-electron chi connectivity index (χ3n) is 5.38. The summed E-state index contributed by atoms with van der Waals surface area (Å²) >= 11 is 0. The van der Waals surface area contributed by atoms with Crippen LogP contribution in [0.3, 0.4) is 0 Å². The average molecular weight is 360 g/mol. The number of aromatic amines is 1. The molecule has 27 heavy (non-hydrogen) atoms. The number of aryl methyl sites for hydroxylation is 1. The van der Waals surface area contributed by atoms with Gasteiger partial charge in [0.25, 0.3) is 0 Å². The number of benzene rings is 2. The van der Waals surface area contributed by atoms with E-state index in [0.29, 0.717) is 6.54 Å². The van der Waals surface area contributed by atoms with Gasteiger partial charge in [0.2, 0.25) is 5.91 Å². The number of anilines is 1. The molecule has 2 heterocycles.